The molecule has 3 rings (SSSR count). The molecule has 0 unspecified atom stereocenters. The van der Waals surface area contributed by atoms with Crippen molar-refractivity contribution in [2.24, 2.45) is 11.8 Å². The molecule has 3 aliphatic heterocycles. The number of ether oxygens (including phenoxy) is 2. The van der Waals surface area contributed by atoms with Crippen molar-refractivity contribution in [1.29, 1.82) is 0 Å². The Morgan fingerprint density at radius 3 is 2.24 bits per heavy atom. The second-order valence-corrected chi connectivity index (χ2v) is 7.13. The van der Waals surface area contributed by atoms with Crippen molar-refractivity contribution in [2.75, 3.05) is 45.9 Å². The number of amides is 1. The third-order valence-electron chi connectivity index (χ3n) is 5.01. The molecule has 0 aromatic heterocycles. The predicted octanol–water partition coefficient (Wildman–Crippen LogP) is 1.33. The third-order valence-corrected chi connectivity index (χ3v) is 5.01. The van der Waals surface area contributed by atoms with Crippen LogP contribution < -0.4 is 0 Å². The van der Waals surface area contributed by atoms with Gasteiger partial charge in [0, 0.05) is 39.0 Å². The van der Waals surface area contributed by atoms with Gasteiger partial charge < -0.3 is 14.4 Å². The zero-order valence-corrected chi connectivity index (χ0v) is 13.3. The van der Waals surface area contributed by atoms with Gasteiger partial charge in [-0.3, -0.25) is 9.69 Å². The normalized spacial score (nSPS) is 33.5. The van der Waals surface area contributed by atoms with E-state index in [2.05, 4.69) is 23.6 Å². The number of rotatable bonds is 2. The Bertz CT molecular complexity index is 362. The molecule has 0 saturated carbocycles. The molecule has 0 aliphatic carbocycles. The molecule has 1 spiro atoms. The summed E-state index contributed by atoms with van der Waals surface area (Å²) in [5.74, 6) is 1.20. The molecule has 5 nitrogen and oxygen atoms in total. The summed E-state index contributed by atoms with van der Waals surface area (Å²) >= 11 is 0. The molecule has 0 aromatic carbocycles. The van der Waals surface area contributed by atoms with E-state index < -0.39 is 0 Å². The molecule has 1 amide bonds. The molecule has 5 heteroatoms. The second-order valence-electron chi connectivity index (χ2n) is 7.13. The minimum absolute atomic E-state index is 0.289. The van der Waals surface area contributed by atoms with Crippen LogP contribution >= 0.6 is 0 Å². The van der Waals surface area contributed by atoms with Crippen LogP contribution in [0.15, 0.2) is 0 Å². The van der Waals surface area contributed by atoms with Crippen molar-refractivity contribution in [3.63, 3.8) is 0 Å². The van der Waals surface area contributed by atoms with E-state index in [-0.39, 0.29) is 11.7 Å². The number of piperidine rings is 2. The first-order chi connectivity index (χ1) is 10.1. The Kier molecular flexibility index (Phi) is 4.52. The lowest BCUT2D eigenvalue weighted by molar-refractivity contribution is -0.186. The fourth-order valence-corrected chi connectivity index (χ4v) is 4.00. The maximum Gasteiger partial charge on any atom is 0.236 e. The van der Waals surface area contributed by atoms with Crippen LogP contribution in [0.2, 0.25) is 0 Å². The van der Waals surface area contributed by atoms with Gasteiger partial charge in [0.25, 0.3) is 0 Å². The molecule has 0 N–H and O–H groups in total. The van der Waals surface area contributed by atoms with E-state index in [4.69, 9.17) is 9.47 Å². The van der Waals surface area contributed by atoms with E-state index in [0.717, 1.165) is 39.0 Å². The van der Waals surface area contributed by atoms with Crippen LogP contribution in [0.3, 0.4) is 0 Å². The Morgan fingerprint density at radius 2 is 1.67 bits per heavy atom. The van der Waals surface area contributed by atoms with Crippen LogP contribution in [0, 0.1) is 11.8 Å². The van der Waals surface area contributed by atoms with Crippen LogP contribution in [0.1, 0.15) is 33.1 Å². The second kappa shape index (κ2) is 6.23. The van der Waals surface area contributed by atoms with E-state index >= 15 is 0 Å². The van der Waals surface area contributed by atoms with E-state index in [0.29, 0.717) is 31.6 Å². The predicted molar refractivity (Wildman–Crippen MR) is 79.8 cm³/mol. The molecule has 3 aliphatic rings. The topological polar surface area (TPSA) is 42.0 Å². The molecule has 0 radical (unpaired) electrons. The van der Waals surface area contributed by atoms with E-state index in [1.165, 1.54) is 6.42 Å². The summed E-state index contributed by atoms with van der Waals surface area (Å²) in [6.45, 7) is 10.1. The van der Waals surface area contributed by atoms with Crippen LogP contribution in [0.25, 0.3) is 0 Å². The highest BCUT2D eigenvalue weighted by atomic mass is 16.7. The molecule has 0 aromatic rings. The van der Waals surface area contributed by atoms with Gasteiger partial charge in [-0.1, -0.05) is 13.8 Å². The average Bonchev–Trinajstić information content (AvgIpc) is 2.89. The van der Waals surface area contributed by atoms with Crippen molar-refractivity contribution in [3.05, 3.63) is 0 Å². The maximum absolute atomic E-state index is 12.5. The minimum atomic E-state index is -0.340. The van der Waals surface area contributed by atoms with Crippen molar-refractivity contribution < 1.29 is 14.3 Å². The van der Waals surface area contributed by atoms with Crippen molar-refractivity contribution >= 4 is 5.91 Å². The fourth-order valence-electron chi connectivity index (χ4n) is 4.00. The first-order valence-electron chi connectivity index (χ1n) is 8.34. The number of hydrogen-bond acceptors (Lipinski definition) is 4. The van der Waals surface area contributed by atoms with E-state index in [1.54, 1.807) is 0 Å². The fraction of sp³-hybridized carbons (Fsp3) is 0.938. The average molecular weight is 296 g/mol. The SMILES string of the molecule is C[C@H]1C[C@H](C)CN(C(=O)CN2CCC3(CC2)OCCO3)C1. The van der Waals surface area contributed by atoms with Gasteiger partial charge in [0.05, 0.1) is 19.8 Å². The third kappa shape index (κ3) is 3.58. The minimum Gasteiger partial charge on any atom is -0.347 e. The van der Waals surface area contributed by atoms with E-state index in [9.17, 15) is 4.79 Å². The highest BCUT2D eigenvalue weighted by Gasteiger charge is 2.40. The lowest BCUT2D eigenvalue weighted by atomic mass is 9.92. The highest BCUT2D eigenvalue weighted by Crippen LogP contribution is 2.31. The standard InChI is InChI=1S/C16H28N2O3/c1-13-9-14(2)11-18(10-13)15(19)12-17-5-3-16(4-6-17)20-7-8-21-16/h13-14H,3-12H2,1-2H3/t13-,14-/m0/s1. The van der Waals surface area contributed by atoms with E-state index in [1.807, 2.05) is 0 Å². The quantitative estimate of drug-likeness (QED) is 0.771. The Balaban J connectivity index is 1.47. The lowest BCUT2D eigenvalue weighted by Crippen LogP contribution is -2.51. The van der Waals surface area contributed by atoms with Crippen molar-refractivity contribution in [2.45, 2.75) is 38.9 Å². The lowest BCUT2D eigenvalue weighted by Gasteiger charge is -2.39. The molecule has 2 atom stereocenters. The summed E-state index contributed by atoms with van der Waals surface area (Å²) in [6, 6.07) is 0. The summed E-state index contributed by atoms with van der Waals surface area (Å²) in [6.07, 6.45) is 3.00. The van der Waals surface area contributed by atoms with Gasteiger partial charge in [-0.25, -0.2) is 0 Å². The van der Waals surface area contributed by atoms with Crippen LogP contribution in [0.4, 0.5) is 0 Å². The zero-order chi connectivity index (χ0) is 14.9. The molecule has 0 bridgehead atoms. The summed E-state index contributed by atoms with van der Waals surface area (Å²) in [7, 11) is 0. The Morgan fingerprint density at radius 1 is 1.10 bits per heavy atom. The van der Waals surface area contributed by atoms with Gasteiger partial charge in [-0.05, 0) is 18.3 Å². The van der Waals surface area contributed by atoms with Crippen LogP contribution in [-0.2, 0) is 14.3 Å². The van der Waals surface area contributed by atoms with Crippen molar-refractivity contribution in [3.8, 4) is 0 Å². The molecular weight excluding hydrogens is 268 g/mol. The number of nitrogens with zero attached hydrogens (tertiary/aromatic N) is 2. The Labute approximate surface area is 127 Å². The monoisotopic (exact) mass is 296 g/mol. The van der Waals surface area contributed by atoms with Crippen LogP contribution in [0.5, 0.6) is 0 Å². The summed E-state index contributed by atoms with van der Waals surface area (Å²) < 4.78 is 11.5. The van der Waals surface area contributed by atoms with Crippen molar-refractivity contribution in [1.82, 2.24) is 9.80 Å². The number of likely N-dealkylation sites (tertiary alicyclic amines) is 2. The largest absolute Gasteiger partial charge is 0.347 e. The summed E-state index contributed by atoms with van der Waals surface area (Å²) in [5.41, 5.74) is 0. The number of hydrogen-bond donors (Lipinski definition) is 0. The molecule has 21 heavy (non-hydrogen) atoms. The molecular formula is C16H28N2O3. The maximum atomic E-state index is 12.5. The molecule has 120 valence electrons. The molecule has 3 saturated heterocycles. The van der Waals surface area contributed by atoms with Gasteiger partial charge >= 0.3 is 0 Å². The van der Waals surface area contributed by atoms with Gasteiger partial charge in [0.1, 0.15) is 0 Å². The summed E-state index contributed by atoms with van der Waals surface area (Å²) in [4.78, 5) is 16.8. The van der Waals surface area contributed by atoms with Gasteiger partial charge in [0.2, 0.25) is 5.91 Å². The first kappa shape index (κ1) is 15.3. The zero-order valence-electron chi connectivity index (χ0n) is 13.3. The smallest absolute Gasteiger partial charge is 0.236 e. The molecule has 3 fully saturated rings. The van der Waals surface area contributed by atoms with Crippen LogP contribution in [-0.4, -0.2) is 67.4 Å². The van der Waals surface area contributed by atoms with Gasteiger partial charge in [-0.15, -0.1) is 0 Å². The summed E-state index contributed by atoms with van der Waals surface area (Å²) in [5, 5.41) is 0. The van der Waals surface area contributed by atoms with Gasteiger partial charge in [-0.2, -0.15) is 0 Å². The number of carbonyl (C=O) groups is 1. The highest BCUT2D eigenvalue weighted by molar-refractivity contribution is 5.78. The number of carbonyl (C=O) groups excluding carboxylic acids is 1. The van der Waals surface area contributed by atoms with Gasteiger partial charge in [0.15, 0.2) is 5.79 Å². The first-order valence-corrected chi connectivity index (χ1v) is 8.34. The Hall–Kier alpha value is -0.650. The molecule has 3 heterocycles.